The first-order valence-electron chi connectivity index (χ1n) is 7.79. The number of hydrogen-bond donors (Lipinski definition) is 4. The van der Waals surface area contributed by atoms with Gasteiger partial charge in [-0.3, -0.25) is 4.52 Å². The molecule has 0 spiro atoms. The van der Waals surface area contributed by atoms with Crippen LogP contribution in [0.15, 0.2) is 36.6 Å². The van der Waals surface area contributed by atoms with Crippen molar-refractivity contribution in [3.05, 3.63) is 39.0 Å². The molecule has 3 aromatic rings. The van der Waals surface area contributed by atoms with Crippen LogP contribution in [0.5, 0.6) is 0 Å². The molecule has 0 atom stereocenters. The van der Waals surface area contributed by atoms with Gasteiger partial charge in [-0.15, -0.1) is 0 Å². The highest BCUT2D eigenvalue weighted by atomic mass is 79.9. The fourth-order valence-electron chi connectivity index (χ4n) is 2.22. The minimum atomic E-state index is -4.24. The summed E-state index contributed by atoms with van der Waals surface area (Å²) in [7, 11) is -4.24. The van der Waals surface area contributed by atoms with E-state index in [1.54, 1.807) is 0 Å². The van der Waals surface area contributed by atoms with Crippen molar-refractivity contribution in [3.8, 4) is 17.2 Å². The molecule has 0 saturated heterocycles. The quantitative estimate of drug-likeness (QED) is 0.306. The third-order valence-electron chi connectivity index (χ3n) is 3.40. The molecule has 0 saturated carbocycles. The highest BCUT2D eigenvalue weighted by Crippen LogP contribution is 2.25. The van der Waals surface area contributed by atoms with E-state index in [2.05, 4.69) is 45.9 Å². The number of amides is 1. The summed E-state index contributed by atoms with van der Waals surface area (Å²) >= 11 is 3.02. The first kappa shape index (κ1) is 21.4. The van der Waals surface area contributed by atoms with Gasteiger partial charge in [0, 0.05) is 13.1 Å². The van der Waals surface area contributed by atoms with E-state index in [1.807, 2.05) is 4.72 Å². The SMILES string of the molecule is O=C(O)NS(=O)(=O)NCCNc1nonc1-c1noc(=O)n1-c1ccc(F)c(Br)c1. The Kier molecular flexibility index (Phi) is 6.13. The van der Waals surface area contributed by atoms with Crippen LogP contribution in [-0.2, 0) is 10.2 Å². The van der Waals surface area contributed by atoms with E-state index >= 15 is 0 Å². The average molecular weight is 508 g/mol. The Morgan fingerprint density at radius 3 is 2.73 bits per heavy atom. The van der Waals surface area contributed by atoms with E-state index in [1.165, 1.54) is 16.9 Å². The van der Waals surface area contributed by atoms with Crippen molar-refractivity contribution in [2.75, 3.05) is 18.4 Å². The summed E-state index contributed by atoms with van der Waals surface area (Å²) < 4.78 is 49.9. The zero-order valence-corrected chi connectivity index (χ0v) is 16.9. The average Bonchev–Trinajstić information content (AvgIpc) is 3.26. The van der Waals surface area contributed by atoms with Crippen molar-refractivity contribution in [2.45, 2.75) is 0 Å². The summed E-state index contributed by atoms with van der Waals surface area (Å²) in [6.07, 6.45) is -1.74. The number of benzene rings is 1. The van der Waals surface area contributed by atoms with Crippen LogP contribution in [0, 0.1) is 5.82 Å². The molecule has 3 rings (SSSR count). The number of anilines is 1. The Morgan fingerprint density at radius 2 is 2.03 bits per heavy atom. The molecule has 0 bridgehead atoms. The first-order valence-corrected chi connectivity index (χ1v) is 10.1. The van der Waals surface area contributed by atoms with Gasteiger partial charge >= 0.3 is 22.1 Å². The second kappa shape index (κ2) is 8.59. The number of nitrogens with zero attached hydrogens (tertiary/aromatic N) is 4. The Morgan fingerprint density at radius 1 is 1.27 bits per heavy atom. The fourth-order valence-corrected chi connectivity index (χ4v) is 3.26. The Labute approximate surface area is 174 Å². The predicted octanol–water partition coefficient (Wildman–Crippen LogP) is 0.291. The molecule has 17 heteroatoms. The van der Waals surface area contributed by atoms with Crippen LogP contribution in [0.2, 0.25) is 0 Å². The van der Waals surface area contributed by atoms with Gasteiger partial charge in [-0.2, -0.15) is 13.1 Å². The molecule has 0 fully saturated rings. The zero-order chi connectivity index (χ0) is 21.9. The summed E-state index contributed by atoms with van der Waals surface area (Å²) in [5, 5.41) is 22.0. The number of nitrogens with one attached hydrogen (secondary N) is 3. The smallest absolute Gasteiger partial charge is 0.446 e. The Hall–Kier alpha value is -3.31. The van der Waals surface area contributed by atoms with Gasteiger partial charge in [0.25, 0.3) is 0 Å². The van der Waals surface area contributed by atoms with Crippen LogP contribution in [-0.4, -0.2) is 52.7 Å². The number of rotatable bonds is 8. The van der Waals surface area contributed by atoms with E-state index in [4.69, 9.17) is 5.11 Å². The monoisotopic (exact) mass is 507 g/mol. The first-order chi connectivity index (χ1) is 14.2. The van der Waals surface area contributed by atoms with Gasteiger partial charge in [0.1, 0.15) is 5.82 Å². The van der Waals surface area contributed by atoms with Gasteiger partial charge in [-0.25, -0.2) is 27.9 Å². The lowest BCUT2D eigenvalue weighted by molar-refractivity contribution is 0.201. The van der Waals surface area contributed by atoms with Gasteiger partial charge in [-0.1, -0.05) is 5.16 Å². The number of aromatic nitrogens is 4. The summed E-state index contributed by atoms with van der Waals surface area (Å²) in [5.41, 5.74) is 0.166. The lowest BCUT2D eigenvalue weighted by atomic mass is 10.3. The minimum Gasteiger partial charge on any atom is -0.464 e. The molecular weight excluding hydrogens is 497 g/mol. The third-order valence-corrected chi connectivity index (χ3v) is 5.03. The second-order valence-corrected chi connectivity index (χ2v) is 7.75. The molecule has 2 aromatic heterocycles. The molecule has 1 aromatic carbocycles. The fraction of sp³-hybridized carbons (Fsp3) is 0.154. The molecule has 14 nitrogen and oxygen atoms in total. The van der Waals surface area contributed by atoms with Gasteiger partial charge in [0.05, 0.1) is 10.2 Å². The van der Waals surface area contributed by atoms with Crippen molar-refractivity contribution in [3.63, 3.8) is 0 Å². The maximum Gasteiger partial charge on any atom is 0.446 e. The molecule has 0 aliphatic heterocycles. The lowest BCUT2D eigenvalue weighted by Gasteiger charge is -2.07. The molecule has 160 valence electrons. The van der Waals surface area contributed by atoms with E-state index in [0.29, 0.717) is 0 Å². The normalized spacial score (nSPS) is 11.4. The van der Waals surface area contributed by atoms with E-state index < -0.39 is 27.9 Å². The standard InChI is InChI=1S/C13H11BrFN7O7S/c14-7-5-6(1-2-8(7)15)22-11(20-28-13(22)25)9-10(19-29-18-9)16-3-4-17-30(26,27)21-12(23)24/h1-2,5,17,21H,3-4H2,(H,16,19)(H,23,24). The van der Waals surface area contributed by atoms with Crippen LogP contribution in [0.25, 0.3) is 17.2 Å². The molecule has 2 heterocycles. The van der Waals surface area contributed by atoms with Crippen molar-refractivity contribution in [1.82, 2.24) is 29.5 Å². The van der Waals surface area contributed by atoms with E-state index in [-0.39, 0.29) is 40.6 Å². The van der Waals surface area contributed by atoms with Crippen LogP contribution in [0.4, 0.5) is 15.0 Å². The van der Waals surface area contributed by atoms with E-state index in [9.17, 15) is 22.4 Å². The molecule has 1 amide bonds. The zero-order valence-electron chi connectivity index (χ0n) is 14.5. The highest BCUT2D eigenvalue weighted by molar-refractivity contribution is 9.10. The predicted molar refractivity (Wildman–Crippen MR) is 99.6 cm³/mol. The van der Waals surface area contributed by atoms with Crippen LogP contribution >= 0.6 is 15.9 Å². The van der Waals surface area contributed by atoms with Crippen molar-refractivity contribution < 1.29 is 31.9 Å². The lowest BCUT2D eigenvalue weighted by Crippen LogP contribution is -2.41. The molecule has 30 heavy (non-hydrogen) atoms. The molecule has 0 unspecified atom stereocenters. The van der Waals surface area contributed by atoms with Crippen LogP contribution in [0.1, 0.15) is 0 Å². The number of carbonyl (C=O) groups is 1. The summed E-state index contributed by atoms with van der Waals surface area (Å²) in [4.78, 5) is 22.5. The maximum atomic E-state index is 13.5. The van der Waals surface area contributed by atoms with E-state index in [0.717, 1.165) is 10.6 Å². The third kappa shape index (κ3) is 4.81. The molecule has 0 aliphatic rings. The van der Waals surface area contributed by atoms with Crippen molar-refractivity contribution in [1.29, 1.82) is 0 Å². The van der Waals surface area contributed by atoms with Gasteiger partial charge in [0.2, 0.25) is 11.6 Å². The maximum absolute atomic E-state index is 13.5. The second-order valence-electron chi connectivity index (χ2n) is 5.40. The largest absolute Gasteiger partial charge is 0.464 e. The number of carboxylic acid groups (broad SMARTS) is 1. The van der Waals surface area contributed by atoms with Gasteiger partial charge < -0.3 is 10.4 Å². The van der Waals surface area contributed by atoms with Crippen molar-refractivity contribution >= 4 is 38.1 Å². The highest BCUT2D eigenvalue weighted by Gasteiger charge is 2.23. The number of halogens is 2. The molecule has 0 radical (unpaired) electrons. The Bertz CT molecular complexity index is 1240. The number of hydrogen-bond acceptors (Lipinski definition) is 10. The molecule has 4 N–H and O–H groups in total. The van der Waals surface area contributed by atoms with Crippen LogP contribution < -0.4 is 20.5 Å². The molecule has 0 aliphatic carbocycles. The molecular formula is C13H11BrFN7O7S. The van der Waals surface area contributed by atoms with Gasteiger partial charge in [0.15, 0.2) is 5.69 Å². The summed E-state index contributed by atoms with van der Waals surface area (Å²) in [6.45, 7) is -0.294. The summed E-state index contributed by atoms with van der Waals surface area (Å²) in [5.74, 6) is -1.56. The van der Waals surface area contributed by atoms with Crippen LogP contribution in [0.3, 0.4) is 0 Å². The summed E-state index contributed by atoms with van der Waals surface area (Å²) in [6, 6.07) is 3.76. The van der Waals surface area contributed by atoms with Gasteiger partial charge in [-0.05, 0) is 44.4 Å². The topological polar surface area (TPSA) is 194 Å². The Balaban J connectivity index is 1.78. The minimum absolute atomic E-state index is 0.0105. The van der Waals surface area contributed by atoms with Crippen molar-refractivity contribution in [2.24, 2.45) is 0 Å².